The zero-order chi connectivity index (χ0) is 19.2. The number of nitrogens with zero attached hydrogens (tertiary/aromatic N) is 3. The number of piperazine rings is 1. The molecule has 1 saturated heterocycles. The quantitative estimate of drug-likeness (QED) is 0.852. The molecule has 2 heterocycles. The summed E-state index contributed by atoms with van der Waals surface area (Å²) < 4.78 is 0. The van der Waals surface area contributed by atoms with E-state index >= 15 is 0 Å². The number of aromatic nitrogens is 1. The van der Waals surface area contributed by atoms with Crippen LogP contribution in [0.4, 0.5) is 5.82 Å². The van der Waals surface area contributed by atoms with E-state index in [1.54, 1.807) is 0 Å². The minimum atomic E-state index is -0.0509. The fourth-order valence-corrected chi connectivity index (χ4v) is 3.31. The van der Waals surface area contributed by atoms with Crippen molar-refractivity contribution in [3.63, 3.8) is 0 Å². The predicted octanol–water partition coefficient (Wildman–Crippen LogP) is 3.28. The minimum absolute atomic E-state index is 0.0509. The molecule has 3 rings (SSSR count). The van der Waals surface area contributed by atoms with E-state index in [9.17, 15) is 4.79 Å². The highest BCUT2D eigenvalue weighted by Gasteiger charge is 2.16. The molecule has 0 atom stereocenters. The molecule has 1 aliphatic heterocycles. The molecule has 0 aliphatic carbocycles. The van der Waals surface area contributed by atoms with E-state index in [0.717, 1.165) is 44.1 Å². The lowest BCUT2D eigenvalue weighted by molar-refractivity contribution is 0.0951. The van der Waals surface area contributed by atoms with Gasteiger partial charge in [-0.1, -0.05) is 39.0 Å². The van der Waals surface area contributed by atoms with Crippen molar-refractivity contribution in [1.29, 1.82) is 0 Å². The Morgan fingerprint density at radius 2 is 1.78 bits per heavy atom. The second kappa shape index (κ2) is 9.00. The van der Waals surface area contributed by atoms with Crippen LogP contribution in [-0.4, -0.2) is 48.5 Å². The lowest BCUT2D eigenvalue weighted by Crippen LogP contribution is -2.46. The monoisotopic (exact) mass is 366 g/mol. The Bertz CT molecular complexity index is 732. The van der Waals surface area contributed by atoms with Crippen molar-refractivity contribution in [2.45, 2.75) is 33.2 Å². The van der Waals surface area contributed by atoms with Crippen LogP contribution in [0.5, 0.6) is 0 Å². The lowest BCUT2D eigenvalue weighted by Gasteiger charge is -2.34. The van der Waals surface area contributed by atoms with E-state index in [4.69, 9.17) is 0 Å². The van der Waals surface area contributed by atoms with Gasteiger partial charge in [-0.05, 0) is 41.8 Å². The molecule has 27 heavy (non-hydrogen) atoms. The van der Waals surface area contributed by atoms with Crippen LogP contribution in [0.3, 0.4) is 0 Å². The van der Waals surface area contributed by atoms with Crippen LogP contribution < -0.4 is 10.2 Å². The second-order valence-corrected chi connectivity index (χ2v) is 7.41. The Morgan fingerprint density at radius 3 is 2.33 bits per heavy atom. The van der Waals surface area contributed by atoms with Crippen molar-refractivity contribution in [3.8, 4) is 0 Å². The summed E-state index contributed by atoms with van der Waals surface area (Å²) in [7, 11) is 0. The van der Waals surface area contributed by atoms with Gasteiger partial charge in [0, 0.05) is 44.5 Å². The Kier molecular flexibility index (Phi) is 6.45. The summed E-state index contributed by atoms with van der Waals surface area (Å²) in [4.78, 5) is 21.7. The number of rotatable bonds is 6. The summed E-state index contributed by atoms with van der Waals surface area (Å²) in [6, 6.07) is 11.9. The maximum Gasteiger partial charge on any atom is 0.251 e. The largest absolute Gasteiger partial charge is 0.354 e. The molecule has 2 aromatic rings. The second-order valence-electron chi connectivity index (χ2n) is 7.41. The number of pyridine rings is 1. The molecule has 0 unspecified atom stereocenters. The summed E-state index contributed by atoms with van der Waals surface area (Å²) in [5.74, 6) is 1.44. The number of nitrogens with one attached hydrogen (secondary N) is 1. The van der Waals surface area contributed by atoms with Gasteiger partial charge >= 0.3 is 0 Å². The zero-order valence-electron chi connectivity index (χ0n) is 16.6. The number of hydrogen-bond donors (Lipinski definition) is 1. The summed E-state index contributed by atoms with van der Waals surface area (Å²) in [6.07, 6.45) is 1.86. The van der Waals surface area contributed by atoms with Gasteiger partial charge in [-0.3, -0.25) is 4.79 Å². The number of carbonyl (C=O) groups excluding carboxylic acids is 1. The van der Waals surface area contributed by atoms with E-state index < -0.39 is 0 Å². The van der Waals surface area contributed by atoms with Crippen LogP contribution in [-0.2, 0) is 6.54 Å². The highest BCUT2D eigenvalue weighted by Crippen LogP contribution is 2.16. The van der Waals surface area contributed by atoms with Crippen LogP contribution in [0.1, 0.15) is 48.2 Å². The van der Waals surface area contributed by atoms with Gasteiger partial charge in [-0.25, -0.2) is 4.98 Å². The third-order valence-electron chi connectivity index (χ3n) is 5.25. The van der Waals surface area contributed by atoms with Gasteiger partial charge in [0.25, 0.3) is 5.91 Å². The number of amides is 1. The predicted molar refractivity (Wildman–Crippen MR) is 110 cm³/mol. The smallest absolute Gasteiger partial charge is 0.251 e. The van der Waals surface area contributed by atoms with E-state index in [0.29, 0.717) is 18.0 Å². The summed E-state index contributed by atoms with van der Waals surface area (Å²) in [5.41, 5.74) is 2.95. The Labute approximate surface area is 162 Å². The van der Waals surface area contributed by atoms with Crippen molar-refractivity contribution in [2.24, 2.45) is 0 Å². The first-order chi connectivity index (χ1) is 13.1. The van der Waals surface area contributed by atoms with E-state index in [-0.39, 0.29) is 5.91 Å². The molecule has 0 radical (unpaired) electrons. The molecular weight excluding hydrogens is 336 g/mol. The average molecular weight is 367 g/mol. The molecule has 1 amide bonds. The molecule has 1 N–H and O–H groups in total. The molecule has 1 fully saturated rings. The molecule has 0 spiro atoms. The third-order valence-corrected chi connectivity index (χ3v) is 5.25. The normalized spacial score (nSPS) is 15.2. The highest BCUT2D eigenvalue weighted by molar-refractivity contribution is 5.94. The summed E-state index contributed by atoms with van der Waals surface area (Å²) >= 11 is 0. The summed E-state index contributed by atoms with van der Waals surface area (Å²) in [5, 5.41) is 2.98. The van der Waals surface area contributed by atoms with Gasteiger partial charge in [0.2, 0.25) is 0 Å². The lowest BCUT2D eigenvalue weighted by atomic mass is 10.0. The molecule has 144 valence electrons. The van der Waals surface area contributed by atoms with Crippen molar-refractivity contribution < 1.29 is 4.79 Å². The fraction of sp³-hybridized carbons (Fsp3) is 0.455. The average Bonchev–Trinajstić information content (AvgIpc) is 2.72. The topological polar surface area (TPSA) is 48.5 Å². The van der Waals surface area contributed by atoms with E-state index in [2.05, 4.69) is 53.0 Å². The molecule has 1 aromatic heterocycles. The molecule has 0 bridgehead atoms. The third kappa shape index (κ3) is 5.07. The number of carbonyl (C=O) groups is 1. The SMILES string of the molecule is CCN1CCN(c2ccc(CNC(=O)c3ccc(C(C)C)cc3)cn2)CC1. The maximum atomic E-state index is 12.3. The standard InChI is InChI=1S/C22H30N4O/c1-4-25-11-13-26(14-12-25)21-10-5-18(15-23-21)16-24-22(27)20-8-6-19(7-9-20)17(2)3/h5-10,15,17H,4,11-14,16H2,1-3H3,(H,24,27). The fourth-order valence-electron chi connectivity index (χ4n) is 3.31. The highest BCUT2D eigenvalue weighted by atomic mass is 16.1. The summed E-state index contributed by atoms with van der Waals surface area (Å²) in [6.45, 7) is 12.3. The zero-order valence-corrected chi connectivity index (χ0v) is 16.6. The molecule has 1 aromatic carbocycles. The number of benzene rings is 1. The maximum absolute atomic E-state index is 12.3. The van der Waals surface area contributed by atoms with Gasteiger partial charge in [-0.2, -0.15) is 0 Å². The number of anilines is 1. The minimum Gasteiger partial charge on any atom is -0.354 e. The molecule has 5 heteroatoms. The first-order valence-electron chi connectivity index (χ1n) is 9.87. The molecule has 1 aliphatic rings. The first-order valence-corrected chi connectivity index (χ1v) is 9.87. The number of likely N-dealkylation sites (N-methyl/N-ethyl adjacent to an activating group) is 1. The van der Waals surface area contributed by atoms with Crippen LogP contribution in [0, 0.1) is 0 Å². The Balaban J connectivity index is 1.52. The molecule has 5 nitrogen and oxygen atoms in total. The van der Waals surface area contributed by atoms with Crippen LogP contribution in [0.15, 0.2) is 42.6 Å². The van der Waals surface area contributed by atoms with Crippen LogP contribution in [0.2, 0.25) is 0 Å². The van der Waals surface area contributed by atoms with Crippen LogP contribution >= 0.6 is 0 Å². The van der Waals surface area contributed by atoms with Gasteiger partial charge < -0.3 is 15.1 Å². The molecular formula is C22H30N4O. The van der Waals surface area contributed by atoms with Gasteiger partial charge in [0.05, 0.1) is 0 Å². The van der Waals surface area contributed by atoms with E-state index in [1.165, 1.54) is 5.56 Å². The van der Waals surface area contributed by atoms with Crippen molar-refractivity contribution in [1.82, 2.24) is 15.2 Å². The van der Waals surface area contributed by atoms with E-state index in [1.807, 2.05) is 30.5 Å². The van der Waals surface area contributed by atoms with Crippen LogP contribution in [0.25, 0.3) is 0 Å². The van der Waals surface area contributed by atoms with Gasteiger partial charge in [0.1, 0.15) is 5.82 Å². The molecule has 0 saturated carbocycles. The van der Waals surface area contributed by atoms with Gasteiger partial charge in [-0.15, -0.1) is 0 Å². The Morgan fingerprint density at radius 1 is 1.07 bits per heavy atom. The number of hydrogen-bond acceptors (Lipinski definition) is 4. The first kappa shape index (κ1) is 19.4. The van der Waals surface area contributed by atoms with Crippen molar-refractivity contribution in [3.05, 3.63) is 59.3 Å². The van der Waals surface area contributed by atoms with Crippen molar-refractivity contribution >= 4 is 11.7 Å². The van der Waals surface area contributed by atoms with Gasteiger partial charge in [0.15, 0.2) is 0 Å². The van der Waals surface area contributed by atoms with Crippen molar-refractivity contribution in [2.75, 3.05) is 37.6 Å². The Hall–Kier alpha value is -2.40.